The van der Waals surface area contributed by atoms with Crippen LogP contribution in [0.2, 0.25) is 0 Å². The number of carbonyl (C=O) groups excluding carboxylic acids is 1. The summed E-state index contributed by atoms with van der Waals surface area (Å²) in [7, 11) is 0. The van der Waals surface area contributed by atoms with E-state index >= 15 is 0 Å². The molecule has 0 saturated heterocycles. The van der Waals surface area contributed by atoms with Crippen LogP contribution in [0.5, 0.6) is 0 Å². The number of hydrogen-bond acceptors (Lipinski definition) is 5. The van der Waals surface area contributed by atoms with Crippen molar-refractivity contribution in [3.63, 3.8) is 0 Å². The lowest BCUT2D eigenvalue weighted by Gasteiger charge is -2.17. The van der Waals surface area contributed by atoms with Crippen LogP contribution in [-0.2, 0) is 11.2 Å². The number of carbonyl (C=O) groups is 1. The summed E-state index contributed by atoms with van der Waals surface area (Å²) in [5.74, 6) is 1.16. The molecule has 0 saturated carbocycles. The number of aryl methyl sites for hydroxylation is 2. The molecule has 0 spiro atoms. The molecule has 0 radical (unpaired) electrons. The van der Waals surface area contributed by atoms with Crippen LogP contribution in [0.1, 0.15) is 49.2 Å². The van der Waals surface area contributed by atoms with Crippen molar-refractivity contribution in [2.75, 3.05) is 0 Å². The van der Waals surface area contributed by atoms with Gasteiger partial charge < -0.3 is 14.7 Å². The third-order valence-corrected chi connectivity index (χ3v) is 4.34. The van der Waals surface area contributed by atoms with E-state index in [9.17, 15) is 9.59 Å². The fraction of sp³-hybridized carbons (Fsp3) is 0.400. The summed E-state index contributed by atoms with van der Waals surface area (Å²) in [6.07, 6.45) is 0.946. The zero-order chi connectivity index (χ0) is 19.6. The first-order chi connectivity index (χ1) is 12.8. The van der Waals surface area contributed by atoms with Crippen LogP contribution in [-0.4, -0.2) is 21.1 Å². The zero-order valence-corrected chi connectivity index (χ0v) is 16.0. The molecule has 0 aliphatic rings. The number of pyridine rings is 1. The van der Waals surface area contributed by atoms with Crippen molar-refractivity contribution < 1.29 is 9.21 Å². The highest BCUT2D eigenvalue weighted by Gasteiger charge is 2.21. The maximum Gasteiger partial charge on any atom is 0.251 e. The number of hydrogen-bond donors (Lipinski definition) is 2. The highest BCUT2D eigenvalue weighted by molar-refractivity contribution is 5.83. The monoisotopic (exact) mass is 368 g/mol. The van der Waals surface area contributed by atoms with Crippen LogP contribution < -0.4 is 10.9 Å². The average molecular weight is 368 g/mol. The van der Waals surface area contributed by atoms with Crippen molar-refractivity contribution in [1.29, 1.82) is 0 Å². The Bertz CT molecular complexity index is 1020. The average Bonchev–Trinajstić information content (AvgIpc) is 3.01. The van der Waals surface area contributed by atoms with Gasteiger partial charge in [0.25, 0.3) is 5.56 Å². The van der Waals surface area contributed by atoms with E-state index in [2.05, 4.69) is 34.3 Å². The summed E-state index contributed by atoms with van der Waals surface area (Å²) in [5, 5.41) is 11.8. The molecule has 2 N–H and O–H groups in total. The Hall–Kier alpha value is -2.96. The molecule has 27 heavy (non-hydrogen) atoms. The summed E-state index contributed by atoms with van der Waals surface area (Å²) in [6, 6.07) is 7.12. The first-order valence-electron chi connectivity index (χ1n) is 9.03. The predicted octanol–water partition coefficient (Wildman–Crippen LogP) is 2.97. The first-order valence-corrected chi connectivity index (χ1v) is 9.03. The molecular formula is C20H24N4O3. The number of fused-ring (bicyclic) bond motifs is 1. The molecule has 2 heterocycles. The van der Waals surface area contributed by atoms with E-state index in [1.807, 2.05) is 24.3 Å². The number of nitrogens with zero attached hydrogens (tertiary/aromatic N) is 2. The van der Waals surface area contributed by atoms with E-state index < -0.39 is 0 Å². The van der Waals surface area contributed by atoms with Crippen molar-refractivity contribution >= 4 is 16.8 Å². The van der Waals surface area contributed by atoms with E-state index in [4.69, 9.17) is 4.42 Å². The molecule has 1 unspecified atom stereocenters. The molecule has 142 valence electrons. The summed E-state index contributed by atoms with van der Waals surface area (Å²) in [4.78, 5) is 27.1. The number of aromatic nitrogens is 3. The molecule has 7 heteroatoms. The van der Waals surface area contributed by atoms with Crippen molar-refractivity contribution in [3.05, 3.63) is 57.5 Å². The van der Waals surface area contributed by atoms with Crippen LogP contribution in [0.15, 0.2) is 33.5 Å². The van der Waals surface area contributed by atoms with Gasteiger partial charge in [-0.15, -0.1) is 10.2 Å². The van der Waals surface area contributed by atoms with Gasteiger partial charge >= 0.3 is 0 Å². The number of rotatable bonds is 6. The molecule has 0 aliphatic carbocycles. The Kier molecular flexibility index (Phi) is 5.39. The van der Waals surface area contributed by atoms with Gasteiger partial charge in [-0.2, -0.15) is 0 Å². The fourth-order valence-corrected chi connectivity index (χ4v) is 3.05. The van der Waals surface area contributed by atoms with Crippen LogP contribution >= 0.6 is 0 Å². The molecule has 2 aromatic heterocycles. The van der Waals surface area contributed by atoms with Crippen molar-refractivity contribution in [2.24, 2.45) is 5.92 Å². The Morgan fingerprint density at radius 1 is 1.22 bits per heavy atom. The van der Waals surface area contributed by atoms with Gasteiger partial charge in [0.15, 0.2) is 0 Å². The SMILES string of the molecule is Cc1nnc(C(CC(C)C)NC(=O)Cc2ccc3[nH]c(=O)c(C)cc3c2)o1. The summed E-state index contributed by atoms with van der Waals surface area (Å²) >= 11 is 0. The van der Waals surface area contributed by atoms with Gasteiger partial charge in [-0.05, 0) is 48.4 Å². The first kappa shape index (κ1) is 18.8. The quantitative estimate of drug-likeness (QED) is 0.696. The van der Waals surface area contributed by atoms with Crippen LogP contribution in [0.25, 0.3) is 10.9 Å². The smallest absolute Gasteiger partial charge is 0.251 e. The molecule has 0 fully saturated rings. The second kappa shape index (κ2) is 7.73. The second-order valence-electron chi connectivity index (χ2n) is 7.29. The molecule has 3 rings (SSSR count). The van der Waals surface area contributed by atoms with Crippen LogP contribution in [0.4, 0.5) is 0 Å². The van der Waals surface area contributed by atoms with E-state index in [-0.39, 0.29) is 23.9 Å². The topological polar surface area (TPSA) is 101 Å². The van der Waals surface area contributed by atoms with Gasteiger partial charge in [-0.3, -0.25) is 9.59 Å². The number of H-pyrrole nitrogens is 1. The standard InChI is InChI=1S/C20H24N4O3/c1-11(2)7-17(20-24-23-13(4)27-20)21-18(25)10-14-5-6-16-15(9-14)8-12(3)19(26)22-16/h5-6,8-9,11,17H,7,10H2,1-4H3,(H,21,25)(H,22,26). The maximum atomic E-state index is 12.6. The lowest BCUT2D eigenvalue weighted by atomic mass is 10.0. The molecule has 1 aromatic carbocycles. The van der Waals surface area contributed by atoms with Crippen molar-refractivity contribution in [1.82, 2.24) is 20.5 Å². The molecule has 0 aliphatic heterocycles. The Balaban J connectivity index is 1.76. The third kappa shape index (κ3) is 4.61. The van der Waals surface area contributed by atoms with E-state index in [1.54, 1.807) is 13.8 Å². The van der Waals surface area contributed by atoms with Crippen molar-refractivity contribution in [3.8, 4) is 0 Å². The largest absolute Gasteiger partial charge is 0.423 e. The predicted molar refractivity (Wildman–Crippen MR) is 102 cm³/mol. The van der Waals surface area contributed by atoms with Gasteiger partial charge in [0.05, 0.1) is 6.42 Å². The van der Waals surface area contributed by atoms with Crippen molar-refractivity contribution in [2.45, 2.75) is 46.6 Å². The minimum atomic E-state index is -0.308. The number of aromatic amines is 1. The highest BCUT2D eigenvalue weighted by atomic mass is 16.4. The Labute approximate surface area is 157 Å². The Morgan fingerprint density at radius 3 is 2.67 bits per heavy atom. The van der Waals surface area contributed by atoms with E-state index in [0.29, 0.717) is 29.7 Å². The third-order valence-electron chi connectivity index (χ3n) is 4.34. The molecule has 1 atom stereocenters. The minimum absolute atomic E-state index is 0.0978. The highest BCUT2D eigenvalue weighted by Crippen LogP contribution is 2.21. The van der Waals surface area contributed by atoms with Gasteiger partial charge in [0, 0.05) is 18.0 Å². The lowest BCUT2D eigenvalue weighted by Crippen LogP contribution is -2.31. The molecule has 0 bridgehead atoms. The van der Waals surface area contributed by atoms with Gasteiger partial charge in [-0.1, -0.05) is 19.9 Å². The summed E-state index contributed by atoms with van der Waals surface area (Å²) in [5.41, 5.74) is 2.18. The lowest BCUT2D eigenvalue weighted by molar-refractivity contribution is -0.121. The second-order valence-corrected chi connectivity index (χ2v) is 7.29. The molecule has 3 aromatic rings. The number of amides is 1. The van der Waals surface area contributed by atoms with E-state index in [0.717, 1.165) is 16.5 Å². The van der Waals surface area contributed by atoms with Gasteiger partial charge in [-0.25, -0.2) is 0 Å². The van der Waals surface area contributed by atoms with E-state index in [1.165, 1.54) is 0 Å². The molecule has 7 nitrogen and oxygen atoms in total. The number of nitrogens with one attached hydrogen (secondary N) is 2. The normalized spacial score (nSPS) is 12.5. The maximum absolute atomic E-state index is 12.6. The van der Waals surface area contributed by atoms with Crippen LogP contribution in [0.3, 0.4) is 0 Å². The molecular weight excluding hydrogens is 344 g/mol. The molecule has 1 amide bonds. The van der Waals surface area contributed by atoms with Gasteiger partial charge in [0.1, 0.15) is 6.04 Å². The Morgan fingerprint density at radius 2 is 2.00 bits per heavy atom. The van der Waals surface area contributed by atoms with Crippen LogP contribution in [0, 0.1) is 19.8 Å². The number of benzene rings is 1. The summed E-state index contributed by atoms with van der Waals surface area (Å²) in [6.45, 7) is 7.65. The van der Waals surface area contributed by atoms with Gasteiger partial charge in [0.2, 0.25) is 17.7 Å². The minimum Gasteiger partial charge on any atom is -0.423 e. The summed E-state index contributed by atoms with van der Waals surface area (Å²) < 4.78 is 5.51. The fourth-order valence-electron chi connectivity index (χ4n) is 3.05. The zero-order valence-electron chi connectivity index (χ0n) is 16.0.